The molecule has 5 rings (SSSR count). The highest BCUT2D eigenvalue weighted by Crippen LogP contribution is 2.30. The Kier molecular flexibility index (Phi) is 5.16. The van der Waals surface area contributed by atoms with Crippen molar-refractivity contribution in [1.29, 1.82) is 0 Å². The normalized spacial score (nSPS) is 20.4. The smallest absolute Gasteiger partial charge is 0.267 e. The van der Waals surface area contributed by atoms with Crippen molar-refractivity contribution < 1.29 is 13.7 Å². The van der Waals surface area contributed by atoms with Crippen molar-refractivity contribution >= 4 is 24.0 Å². The van der Waals surface area contributed by atoms with Crippen molar-refractivity contribution in [1.82, 2.24) is 25.6 Å². The second-order valence-electron chi connectivity index (χ2n) is 7.26. The third-order valence-electron chi connectivity index (χ3n) is 5.33. The zero-order valence-electron chi connectivity index (χ0n) is 16.6. The van der Waals surface area contributed by atoms with Gasteiger partial charge in [0, 0.05) is 10.5 Å². The number of benzene rings is 2. The number of rotatable bonds is 5. The van der Waals surface area contributed by atoms with Crippen LogP contribution in [0.15, 0.2) is 63.1 Å². The van der Waals surface area contributed by atoms with Gasteiger partial charge in [-0.15, -0.1) is 11.8 Å². The van der Waals surface area contributed by atoms with Crippen molar-refractivity contribution in [2.45, 2.75) is 29.9 Å². The number of fused-ring (bicyclic) bond motifs is 1. The van der Waals surface area contributed by atoms with E-state index in [0.717, 1.165) is 16.0 Å². The molecular formula is C21H19FN6O2S. The Morgan fingerprint density at radius 3 is 2.71 bits per heavy atom. The van der Waals surface area contributed by atoms with Crippen molar-refractivity contribution in [2.75, 3.05) is 6.26 Å². The van der Waals surface area contributed by atoms with Gasteiger partial charge in [0.15, 0.2) is 0 Å². The lowest BCUT2D eigenvalue weighted by molar-refractivity contribution is -0.137. The van der Waals surface area contributed by atoms with Crippen LogP contribution < -0.4 is 5.43 Å². The summed E-state index contributed by atoms with van der Waals surface area (Å²) in [5, 5.41) is 11.3. The quantitative estimate of drug-likeness (QED) is 0.612. The van der Waals surface area contributed by atoms with Crippen molar-refractivity contribution in [3.05, 3.63) is 65.8 Å². The van der Waals surface area contributed by atoms with Gasteiger partial charge in [0.1, 0.15) is 24.7 Å². The van der Waals surface area contributed by atoms with Crippen molar-refractivity contribution in [2.24, 2.45) is 5.10 Å². The highest BCUT2D eigenvalue weighted by Gasteiger charge is 2.41. The minimum Gasteiger partial charge on any atom is -0.337 e. The molecule has 1 saturated heterocycles. The summed E-state index contributed by atoms with van der Waals surface area (Å²) in [4.78, 5) is 18.5. The van der Waals surface area contributed by atoms with E-state index in [4.69, 9.17) is 4.52 Å². The lowest BCUT2D eigenvalue weighted by Gasteiger charge is -2.29. The Balaban J connectivity index is 1.27. The van der Waals surface area contributed by atoms with E-state index in [1.807, 2.05) is 30.5 Å². The maximum atomic E-state index is 13.2. The molecule has 0 aliphatic carbocycles. The van der Waals surface area contributed by atoms with E-state index >= 15 is 0 Å². The second-order valence-corrected chi connectivity index (χ2v) is 8.14. The minimum absolute atomic E-state index is 0.0940. The summed E-state index contributed by atoms with van der Waals surface area (Å²) in [6.45, 7) is 0.0940. The van der Waals surface area contributed by atoms with Gasteiger partial charge in [-0.2, -0.15) is 10.1 Å². The standard InChI is InChI=1S/C21H19FN6O2S/c1-31-16-8-4-14(5-9-16)20-24-19(30-26-20)11-27-21(29)18-10-17(25-28(18)12-23-27)13-2-6-15(22)7-3-13/h2-9,12,17-18,25H,10-11H2,1H3. The molecule has 158 valence electrons. The molecule has 1 N–H and O–H groups in total. The summed E-state index contributed by atoms with van der Waals surface area (Å²) >= 11 is 1.66. The summed E-state index contributed by atoms with van der Waals surface area (Å²) in [5.74, 6) is 0.326. The fourth-order valence-electron chi connectivity index (χ4n) is 3.67. The van der Waals surface area contributed by atoms with Gasteiger partial charge in [-0.3, -0.25) is 9.80 Å². The second kappa shape index (κ2) is 8.12. The molecule has 0 bridgehead atoms. The largest absolute Gasteiger partial charge is 0.337 e. The summed E-state index contributed by atoms with van der Waals surface area (Å²) in [7, 11) is 0. The summed E-state index contributed by atoms with van der Waals surface area (Å²) in [6.07, 6.45) is 4.14. The van der Waals surface area contributed by atoms with E-state index in [9.17, 15) is 9.18 Å². The number of aromatic nitrogens is 2. The molecule has 1 amide bonds. The summed E-state index contributed by atoms with van der Waals surface area (Å²) in [5.41, 5.74) is 5.00. The molecule has 31 heavy (non-hydrogen) atoms. The molecule has 2 aromatic carbocycles. The number of thioether (sulfide) groups is 1. The number of carbonyl (C=O) groups excluding carboxylic acids is 1. The van der Waals surface area contributed by atoms with Crippen LogP contribution in [0.1, 0.15) is 23.9 Å². The molecule has 1 fully saturated rings. The lowest BCUT2D eigenvalue weighted by atomic mass is 10.0. The molecular weight excluding hydrogens is 419 g/mol. The van der Waals surface area contributed by atoms with Gasteiger partial charge >= 0.3 is 0 Å². The Morgan fingerprint density at radius 1 is 1.19 bits per heavy atom. The van der Waals surface area contributed by atoms with Gasteiger partial charge in [-0.25, -0.2) is 14.8 Å². The third kappa shape index (κ3) is 3.91. The molecule has 8 nitrogen and oxygen atoms in total. The molecule has 1 aromatic heterocycles. The number of nitrogens with one attached hydrogen (secondary N) is 1. The van der Waals surface area contributed by atoms with Crippen LogP contribution in [0.25, 0.3) is 11.4 Å². The fraction of sp³-hybridized carbons (Fsp3) is 0.238. The van der Waals surface area contributed by atoms with Crippen LogP contribution in [0, 0.1) is 5.82 Å². The maximum absolute atomic E-state index is 13.2. The van der Waals surface area contributed by atoms with Crippen LogP contribution in [-0.4, -0.2) is 44.7 Å². The predicted molar refractivity (Wildman–Crippen MR) is 113 cm³/mol. The SMILES string of the molecule is CSc1ccc(-c2noc(CN3N=CN4NC(c5ccc(F)cc5)CC4C3=O)n2)cc1. The van der Waals surface area contributed by atoms with E-state index in [0.29, 0.717) is 18.1 Å². The predicted octanol–water partition coefficient (Wildman–Crippen LogP) is 3.20. The first-order chi connectivity index (χ1) is 15.1. The van der Waals surface area contributed by atoms with E-state index < -0.39 is 6.04 Å². The monoisotopic (exact) mass is 438 g/mol. The zero-order chi connectivity index (χ0) is 21.4. The van der Waals surface area contributed by atoms with Gasteiger partial charge in [0.05, 0.1) is 6.04 Å². The van der Waals surface area contributed by atoms with Crippen LogP contribution in [0.3, 0.4) is 0 Å². The van der Waals surface area contributed by atoms with Gasteiger partial charge in [0.2, 0.25) is 11.7 Å². The molecule has 0 saturated carbocycles. The number of hydrazine groups is 1. The average Bonchev–Trinajstić information content (AvgIpc) is 3.44. The Labute approximate surface area is 182 Å². The van der Waals surface area contributed by atoms with Gasteiger partial charge in [-0.05, 0) is 54.6 Å². The molecule has 0 spiro atoms. The first-order valence-electron chi connectivity index (χ1n) is 9.73. The minimum atomic E-state index is -0.408. The molecule has 3 heterocycles. The first kappa shape index (κ1) is 19.7. The van der Waals surface area contributed by atoms with E-state index in [-0.39, 0.29) is 24.3 Å². The molecule has 2 atom stereocenters. The summed E-state index contributed by atoms with van der Waals surface area (Å²) in [6, 6.07) is 13.6. The number of nitrogens with zero attached hydrogens (tertiary/aromatic N) is 5. The van der Waals surface area contributed by atoms with Crippen molar-refractivity contribution in [3.8, 4) is 11.4 Å². The molecule has 2 aliphatic heterocycles. The highest BCUT2D eigenvalue weighted by molar-refractivity contribution is 7.98. The molecule has 2 unspecified atom stereocenters. The van der Waals surface area contributed by atoms with Crippen LogP contribution in [-0.2, 0) is 11.3 Å². The van der Waals surface area contributed by atoms with Crippen LogP contribution >= 0.6 is 11.8 Å². The van der Waals surface area contributed by atoms with Crippen LogP contribution in [0.2, 0.25) is 0 Å². The van der Waals surface area contributed by atoms with Gasteiger partial charge < -0.3 is 4.52 Å². The molecule has 10 heteroatoms. The number of hydrogen-bond donors (Lipinski definition) is 1. The van der Waals surface area contributed by atoms with E-state index in [1.54, 1.807) is 35.2 Å². The Hall–Kier alpha value is -3.24. The number of hydrazone groups is 1. The Morgan fingerprint density at radius 2 is 1.97 bits per heavy atom. The number of amides is 1. The van der Waals surface area contributed by atoms with Gasteiger partial charge in [0.25, 0.3) is 5.91 Å². The zero-order valence-corrected chi connectivity index (χ0v) is 17.4. The number of halogens is 1. The fourth-order valence-corrected chi connectivity index (χ4v) is 4.08. The van der Waals surface area contributed by atoms with E-state index in [1.165, 1.54) is 17.1 Å². The highest BCUT2D eigenvalue weighted by atomic mass is 32.2. The molecule has 2 aliphatic rings. The maximum Gasteiger partial charge on any atom is 0.267 e. The lowest BCUT2D eigenvalue weighted by Crippen LogP contribution is -2.50. The molecule has 3 aromatic rings. The number of carbonyl (C=O) groups is 1. The van der Waals surface area contributed by atoms with Crippen LogP contribution in [0.4, 0.5) is 4.39 Å². The van der Waals surface area contributed by atoms with Crippen LogP contribution in [0.5, 0.6) is 0 Å². The molecule has 0 radical (unpaired) electrons. The van der Waals surface area contributed by atoms with E-state index in [2.05, 4.69) is 20.7 Å². The number of hydrogen-bond acceptors (Lipinski definition) is 8. The van der Waals surface area contributed by atoms with Crippen molar-refractivity contribution in [3.63, 3.8) is 0 Å². The first-order valence-corrected chi connectivity index (χ1v) is 11.0. The summed E-state index contributed by atoms with van der Waals surface area (Å²) < 4.78 is 18.5. The topological polar surface area (TPSA) is 86.9 Å². The average molecular weight is 438 g/mol. The van der Waals surface area contributed by atoms with Gasteiger partial charge in [-0.1, -0.05) is 17.3 Å². The Bertz CT molecular complexity index is 1120. The third-order valence-corrected chi connectivity index (χ3v) is 6.07.